The topological polar surface area (TPSA) is 100 Å². The van der Waals surface area contributed by atoms with Gasteiger partial charge in [-0.05, 0) is 49.2 Å². The van der Waals surface area contributed by atoms with Crippen LogP contribution < -0.4 is 16.0 Å². The summed E-state index contributed by atoms with van der Waals surface area (Å²) in [5.74, 6) is 0.767. The van der Waals surface area contributed by atoms with Gasteiger partial charge in [0.2, 0.25) is 0 Å². The van der Waals surface area contributed by atoms with Gasteiger partial charge >= 0.3 is 0 Å². The van der Waals surface area contributed by atoms with E-state index in [4.69, 9.17) is 33.9 Å². The summed E-state index contributed by atoms with van der Waals surface area (Å²) in [6, 6.07) is 14.2. The molecular formula is C24H21Cl2N6O. The van der Waals surface area contributed by atoms with E-state index in [2.05, 4.69) is 26.3 Å². The number of hydrogen-bond acceptors (Lipinski definition) is 7. The number of nitrogens with one attached hydrogen (secondary N) is 1. The number of phenolic OH excluding ortho intramolecular Hbond substituents is 1. The summed E-state index contributed by atoms with van der Waals surface area (Å²) >= 11 is 12.2. The second-order valence-electron chi connectivity index (χ2n) is 8.01. The van der Waals surface area contributed by atoms with Gasteiger partial charge < -0.3 is 21.1 Å². The number of aromatic nitrogens is 3. The van der Waals surface area contributed by atoms with Gasteiger partial charge in [-0.1, -0.05) is 23.2 Å². The molecule has 0 saturated carbocycles. The lowest BCUT2D eigenvalue weighted by Crippen LogP contribution is -2.43. The molecule has 1 atom stereocenters. The van der Waals surface area contributed by atoms with E-state index in [9.17, 15) is 5.11 Å². The van der Waals surface area contributed by atoms with E-state index in [1.54, 1.807) is 24.5 Å². The second-order valence-corrected chi connectivity index (χ2v) is 8.82. The second kappa shape index (κ2) is 9.02. The molecule has 1 radical (unpaired) electrons. The van der Waals surface area contributed by atoms with Crippen molar-refractivity contribution in [2.75, 3.05) is 23.3 Å². The van der Waals surface area contributed by atoms with Crippen molar-refractivity contribution < 1.29 is 5.11 Å². The van der Waals surface area contributed by atoms with Crippen molar-refractivity contribution in [3.63, 3.8) is 0 Å². The first-order chi connectivity index (χ1) is 16.0. The van der Waals surface area contributed by atoms with Gasteiger partial charge in [0.1, 0.15) is 11.3 Å². The number of fused-ring (bicyclic) bond motifs is 1. The number of benzene rings is 1. The SMILES string of the molecule is N[C@@H]1CCCN(c2ccc(Nc3[c]cnc4ccc(-c5cc(Cl)c(O)c(Cl)c5)nc34)cn2)C1. The highest BCUT2D eigenvalue weighted by molar-refractivity contribution is 6.37. The number of halogens is 2. The fourth-order valence-corrected chi connectivity index (χ4v) is 4.44. The number of phenols is 1. The van der Waals surface area contributed by atoms with Crippen molar-refractivity contribution in [2.45, 2.75) is 18.9 Å². The molecule has 4 aromatic rings. The van der Waals surface area contributed by atoms with Crippen molar-refractivity contribution in [1.82, 2.24) is 15.0 Å². The largest absolute Gasteiger partial charge is 0.505 e. The minimum Gasteiger partial charge on any atom is -0.505 e. The normalized spacial score (nSPS) is 16.2. The summed E-state index contributed by atoms with van der Waals surface area (Å²) in [5, 5.41) is 13.5. The Bertz CT molecular complexity index is 1290. The molecule has 1 aromatic carbocycles. The van der Waals surface area contributed by atoms with Crippen molar-refractivity contribution in [3.05, 3.63) is 64.9 Å². The fraction of sp³-hybridized carbons (Fsp3) is 0.208. The van der Waals surface area contributed by atoms with Gasteiger partial charge in [-0.25, -0.2) is 9.97 Å². The lowest BCUT2D eigenvalue weighted by Gasteiger charge is -2.31. The monoisotopic (exact) mass is 479 g/mol. The van der Waals surface area contributed by atoms with E-state index < -0.39 is 0 Å². The molecule has 1 aliphatic heterocycles. The number of anilines is 3. The first-order valence-corrected chi connectivity index (χ1v) is 11.3. The quantitative estimate of drug-likeness (QED) is 0.370. The smallest absolute Gasteiger partial charge is 0.152 e. The molecule has 33 heavy (non-hydrogen) atoms. The molecule has 4 heterocycles. The minimum absolute atomic E-state index is 0.150. The summed E-state index contributed by atoms with van der Waals surface area (Å²) in [4.78, 5) is 15.9. The van der Waals surface area contributed by atoms with Crippen LogP contribution in [0.4, 0.5) is 17.2 Å². The lowest BCUT2D eigenvalue weighted by molar-refractivity contribution is 0.476. The average molecular weight is 480 g/mol. The highest BCUT2D eigenvalue weighted by Gasteiger charge is 2.18. The van der Waals surface area contributed by atoms with Crippen molar-refractivity contribution in [2.24, 2.45) is 5.73 Å². The van der Waals surface area contributed by atoms with Crippen LogP contribution in [-0.2, 0) is 0 Å². The maximum Gasteiger partial charge on any atom is 0.152 e. The number of nitrogens with two attached hydrogens (primary N) is 1. The van der Waals surface area contributed by atoms with Crippen LogP contribution >= 0.6 is 23.2 Å². The predicted octanol–water partition coefficient (Wildman–Crippen LogP) is 5.18. The van der Waals surface area contributed by atoms with E-state index >= 15 is 0 Å². The standard InChI is InChI=1S/C24H21Cl2N6O/c25-17-10-14(11-18(26)24(17)33)19-4-5-20-23(31-19)21(7-8-28-20)30-16-3-6-22(29-12-16)32-9-1-2-15(27)13-32/h3-6,8,10-12,15,33H,1-2,9,13,27H2,(H,28,30)/t15-/m1/s1. The highest BCUT2D eigenvalue weighted by atomic mass is 35.5. The Hall–Kier alpha value is -3.13. The first kappa shape index (κ1) is 21.7. The molecule has 0 amide bonds. The Kier molecular flexibility index (Phi) is 5.93. The lowest BCUT2D eigenvalue weighted by atomic mass is 10.1. The van der Waals surface area contributed by atoms with Crippen LogP contribution in [0.1, 0.15) is 12.8 Å². The van der Waals surface area contributed by atoms with Gasteiger partial charge in [0.05, 0.1) is 38.8 Å². The number of hydrogen-bond donors (Lipinski definition) is 3. The minimum atomic E-state index is -0.150. The van der Waals surface area contributed by atoms with Crippen LogP contribution in [0, 0.1) is 6.07 Å². The Labute approximate surface area is 201 Å². The summed E-state index contributed by atoms with van der Waals surface area (Å²) in [5.41, 5.74) is 10.3. The van der Waals surface area contributed by atoms with Crippen molar-refractivity contribution in [1.29, 1.82) is 0 Å². The molecule has 0 aliphatic carbocycles. The molecule has 7 nitrogen and oxygen atoms in total. The molecule has 0 unspecified atom stereocenters. The molecule has 9 heteroatoms. The maximum atomic E-state index is 9.85. The van der Waals surface area contributed by atoms with Gasteiger partial charge in [-0.3, -0.25) is 4.98 Å². The summed E-state index contributed by atoms with van der Waals surface area (Å²) in [6.07, 6.45) is 5.53. The van der Waals surface area contributed by atoms with Crippen molar-refractivity contribution >= 4 is 51.4 Å². The summed E-state index contributed by atoms with van der Waals surface area (Å²) in [6.45, 7) is 1.79. The molecule has 1 saturated heterocycles. The van der Waals surface area contributed by atoms with E-state index in [0.29, 0.717) is 28.0 Å². The van der Waals surface area contributed by atoms with E-state index in [-0.39, 0.29) is 21.8 Å². The molecular weight excluding hydrogens is 459 g/mol. The number of piperidine rings is 1. The molecule has 1 fully saturated rings. The molecule has 3 aromatic heterocycles. The number of pyridine rings is 3. The Morgan fingerprint density at radius 1 is 1.12 bits per heavy atom. The van der Waals surface area contributed by atoms with Crippen LogP contribution in [0.25, 0.3) is 22.3 Å². The van der Waals surface area contributed by atoms with Crippen LogP contribution in [-0.4, -0.2) is 39.2 Å². The molecule has 5 rings (SSSR count). The highest BCUT2D eigenvalue weighted by Crippen LogP contribution is 2.36. The van der Waals surface area contributed by atoms with Gasteiger partial charge in [0.25, 0.3) is 0 Å². The third kappa shape index (κ3) is 4.53. The molecule has 4 N–H and O–H groups in total. The maximum absolute atomic E-state index is 9.85. The fourth-order valence-electron chi connectivity index (χ4n) is 3.95. The number of nitrogens with zero attached hydrogens (tertiary/aromatic N) is 4. The van der Waals surface area contributed by atoms with Gasteiger partial charge in [-0.15, -0.1) is 0 Å². The Morgan fingerprint density at radius 3 is 2.67 bits per heavy atom. The first-order valence-electron chi connectivity index (χ1n) is 10.6. The average Bonchev–Trinajstić information content (AvgIpc) is 2.83. The van der Waals surface area contributed by atoms with E-state index in [0.717, 1.165) is 37.4 Å². The molecule has 167 valence electrons. The third-order valence-electron chi connectivity index (χ3n) is 5.63. The number of rotatable bonds is 4. The van der Waals surface area contributed by atoms with Crippen LogP contribution in [0.5, 0.6) is 5.75 Å². The zero-order valence-corrected chi connectivity index (χ0v) is 19.1. The third-order valence-corrected chi connectivity index (χ3v) is 6.21. The summed E-state index contributed by atoms with van der Waals surface area (Å²) < 4.78 is 0. The predicted molar refractivity (Wildman–Crippen MR) is 132 cm³/mol. The van der Waals surface area contributed by atoms with Crippen molar-refractivity contribution in [3.8, 4) is 17.0 Å². The van der Waals surface area contributed by atoms with E-state index in [1.165, 1.54) is 0 Å². The Morgan fingerprint density at radius 2 is 1.94 bits per heavy atom. The molecule has 0 bridgehead atoms. The van der Waals surface area contributed by atoms with E-state index in [1.807, 2.05) is 24.3 Å². The van der Waals surface area contributed by atoms with Gasteiger partial charge in [-0.2, -0.15) is 0 Å². The summed E-state index contributed by atoms with van der Waals surface area (Å²) in [7, 11) is 0. The van der Waals surface area contributed by atoms with Crippen LogP contribution in [0.2, 0.25) is 10.0 Å². The van der Waals surface area contributed by atoms with Gasteiger partial charge in [0, 0.05) is 37.0 Å². The van der Waals surface area contributed by atoms with Gasteiger partial charge in [0.15, 0.2) is 5.75 Å². The molecule has 0 spiro atoms. The van der Waals surface area contributed by atoms with Crippen LogP contribution in [0.3, 0.4) is 0 Å². The molecule has 1 aliphatic rings. The zero-order chi connectivity index (χ0) is 22.9. The van der Waals surface area contributed by atoms with Crippen LogP contribution in [0.15, 0.2) is 48.8 Å². The Balaban J connectivity index is 1.44. The number of aromatic hydroxyl groups is 1. The zero-order valence-electron chi connectivity index (χ0n) is 17.6.